The van der Waals surface area contributed by atoms with Crippen molar-refractivity contribution in [2.75, 3.05) is 25.6 Å². The number of ether oxygens (including phenoxy) is 4. The van der Waals surface area contributed by atoms with E-state index >= 15 is 0 Å². The van der Waals surface area contributed by atoms with Gasteiger partial charge in [-0.25, -0.2) is 4.79 Å². The van der Waals surface area contributed by atoms with Crippen LogP contribution in [0.1, 0.15) is 49.3 Å². The summed E-state index contributed by atoms with van der Waals surface area (Å²) in [4.78, 5) is 12.7. The van der Waals surface area contributed by atoms with Crippen molar-refractivity contribution in [3.8, 4) is 28.4 Å². The summed E-state index contributed by atoms with van der Waals surface area (Å²) in [6, 6.07) is 9.43. The second-order valence-corrected chi connectivity index (χ2v) is 10.7. The first kappa shape index (κ1) is 25.9. The van der Waals surface area contributed by atoms with Gasteiger partial charge in [-0.1, -0.05) is 12.1 Å². The standard InChI is InChI=1S/C30H31NO6S/c1-6-36-25(33)16-35-15-18-11-12-38-24(18)13-23-27-19(28-22(37-23)10-9-21(32)29(28)34-5)7-8-20-26(27)17(2)14-30(3,4)31-20/h7-14,31-32H,6,15-16H2,1-5H3. The highest BCUT2D eigenvalue weighted by atomic mass is 32.1. The molecule has 0 amide bonds. The van der Waals surface area contributed by atoms with Gasteiger partial charge in [0.05, 0.1) is 31.4 Å². The molecule has 8 heteroatoms. The van der Waals surface area contributed by atoms with Crippen molar-refractivity contribution in [1.82, 2.24) is 0 Å². The summed E-state index contributed by atoms with van der Waals surface area (Å²) in [5.74, 6) is 1.32. The third kappa shape index (κ3) is 4.77. The number of nitrogens with one attached hydrogen (secondary N) is 1. The molecule has 2 N–H and O–H groups in total. The summed E-state index contributed by atoms with van der Waals surface area (Å²) in [6.07, 6.45) is 4.23. The predicted octanol–water partition coefficient (Wildman–Crippen LogP) is 6.71. The number of phenolic OH excluding ortho intramolecular Hbond substituents is 1. The van der Waals surface area contributed by atoms with E-state index in [4.69, 9.17) is 18.9 Å². The average Bonchev–Trinajstić information content (AvgIpc) is 3.30. The van der Waals surface area contributed by atoms with E-state index in [9.17, 15) is 9.90 Å². The van der Waals surface area contributed by atoms with E-state index < -0.39 is 0 Å². The lowest BCUT2D eigenvalue weighted by molar-refractivity contribution is -0.148. The molecule has 2 aliphatic heterocycles. The number of hydrogen-bond acceptors (Lipinski definition) is 8. The number of benzene rings is 2. The third-order valence-electron chi connectivity index (χ3n) is 6.50. The normalized spacial score (nSPS) is 15.9. The van der Waals surface area contributed by atoms with Crippen LogP contribution in [0, 0.1) is 0 Å². The van der Waals surface area contributed by atoms with Gasteiger partial charge in [0.15, 0.2) is 11.5 Å². The summed E-state index contributed by atoms with van der Waals surface area (Å²) in [5, 5.41) is 16.2. The van der Waals surface area contributed by atoms with Crippen LogP contribution in [-0.4, -0.2) is 36.9 Å². The molecule has 38 heavy (non-hydrogen) atoms. The second kappa shape index (κ2) is 10.2. The Balaban J connectivity index is 1.63. The van der Waals surface area contributed by atoms with Crippen LogP contribution in [0.25, 0.3) is 28.5 Å². The highest BCUT2D eigenvalue weighted by Crippen LogP contribution is 2.54. The van der Waals surface area contributed by atoms with E-state index in [0.717, 1.165) is 38.4 Å². The number of aromatic hydroxyl groups is 1. The fourth-order valence-electron chi connectivity index (χ4n) is 5.11. The van der Waals surface area contributed by atoms with Crippen LogP contribution in [0.15, 0.2) is 41.8 Å². The SMILES string of the molecule is CCOC(=O)COCc1ccsc1C=C1Oc2ccc(O)c(OC)c2-c2ccc3c(c21)C(C)=CC(C)(C)N3. The molecule has 0 unspecified atom stereocenters. The zero-order chi connectivity index (χ0) is 27.0. The van der Waals surface area contributed by atoms with E-state index in [1.54, 1.807) is 37.5 Å². The van der Waals surface area contributed by atoms with Gasteiger partial charge < -0.3 is 29.4 Å². The minimum absolute atomic E-state index is 0.0526. The molecule has 3 heterocycles. The predicted molar refractivity (Wildman–Crippen MR) is 151 cm³/mol. The third-order valence-corrected chi connectivity index (χ3v) is 7.40. The Morgan fingerprint density at radius 1 is 1.16 bits per heavy atom. The maximum atomic E-state index is 11.7. The molecule has 198 valence electrons. The molecular formula is C30H31NO6S. The molecule has 1 aromatic heterocycles. The maximum absolute atomic E-state index is 11.7. The number of methoxy groups -OCH3 is 1. The lowest BCUT2D eigenvalue weighted by Crippen LogP contribution is -2.32. The Morgan fingerprint density at radius 2 is 1.97 bits per heavy atom. The van der Waals surface area contributed by atoms with Crippen molar-refractivity contribution < 1.29 is 28.8 Å². The molecule has 0 atom stereocenters. The highest BCUT2D eigenvalue weighted by Gasteiger charge is 2.33. The molecule has 0 saturated carbocycles. The van der Waals surface area contributed by atoms with Crippen molar-refractivity contribution in [3.63, 3.8) is 0 Å². The van der Waals surface area contributed by atoms with Gasteiger partial charge in [-0.2, -0.15) is 0 Å². The van der Waals surface area contributed by atoms with E-state index in [1.165, 1.54) is 0 Å². The van der Waals surface area contributed by atoms with E-state index in [2.05, 4.69) is 38.2 Å². The van der Waals surface area contributed by atoms with Gasteiger partial charge >= 0.3 is 5.97 Å². The first-order valence-corrected chi connectivity index (χ1v) is 13.4. The molecule has 0 aliphatic carbocycles. The molecular weight excluding hydrogens is 502 g/mol. The zero-order valence-electron chi connectivity index (χ0n) is 22.1. The first-order chi connectivity index (χ1) is 18.2. The van der Waals surface area contributed by atoms with Gasteiger partial charge in [-0.15, -0.1) is 11.3 Å². The molecule has 0 fully saturated rings. The summed E-state index contributed by atoms with van der Waals surface area (Å²) >= 11 is 1.57. The minimum atomic E-state index is -0.384. The van der Waals surface area contributed by atoms with Crippen LogP contribution in [0.2, 0.25) is 0 Å². The molecule has 0 spiro atoms. The molecule has 0 bridgehead atoms. The van der Waals surface area contributed by atoms with Crippen LogP contribution >= 0.6 is 11.3 Å². The Bertz CT molecular complexity index is 1470. The molecule has 5 rings (SSSR count). The summed E-state index contributed by atoms with van der Waals surface area (Å²) in [6.45, 7) is 8.64. The fourth-order valence-corrected chi connectivity index (χ4v) is 5.94. The van der Waals surface area contributed by atoms with Crippen LogP contribution < -0.4 is 14.8 Å². The van der Waals surface area contributed by atoms with Gasteiger partial charge in [-0.05, 0) is 74.6 Å². The number of carbonyl (C=O) groups excluding carboxylic acids is 1. The van der Waals surface area contributed by atoms with Gasteiger partial charge in [0.1, 0.15) is 18.1 Å². The zero-order valence-corrected chi connectivity index (χ0v) is 23.0. The van der Waals surface area contributed by atoms with E-state index in [-0.39, 0.29) is 30.5 Å². The Labute approximate surface area is 226 Å². The second-order valence-electron chi connectivity index (χ2n) is 9.79. The van der Waals surface area contributed by atoms with Gasteiger partial charge in [0, 0.05) is 27.3 Å². The highest BCUT2D eigenvalue weighted by molar-refractivity contribution is 7.11. The lowest BCUT2D eigenvalue weighted by Gasteiger charge is -2.35. The lowest BCUT2D eigenvalue weighted by atomic mass is 9.83. The number of anilines is 1. The molecule has 2 aromatic carbocycles. The van der Waals surface area contributed by atoms with Crippen molar-refractivity contribution in [2.24, 2.45) is 0 Å². The molecule has 0 radical (unpaired) electrons. The largest absolute Gasteiger partial charge is 0.504 e. The minimum Gasteiger partial charge on any atom is -0.504 e. The molecule has 2 aliphatic rings. The van der Waals surface area contributed by atoms with E-state index in [1.807, 2.05) is 23.6 Å². The fraction of sp³-hybridized carbons (Fsp3) is 0.300. The van der Waals surface area contributed by atoms with Crippen LogP contribution in [-0.2, 0) is 20.9 Å². The van der Waals surface area contributed by atoms with Crippen molar-refractivity contribution >= 4 is 40.4 Å². The molecule has 3 aromatic rings. The number of hydrogen-bond donors (Lipinski definition) is 2. The van der Waals surface area contributed by atoms with Gasteiger partial charge in [-0.3, -0.25) is 0 Å². The first-order valence-electron chi connectivity index (χ1n) is 12.5. The van der Waals surface area contributed by atoms with Gasteiger partial charge in [0.2, 0.25) is 0 Å². The van der Waals surface area contributed by atoms with Crippen molar-refractivity contribution in [2.45, 2.75) is 39.8 Å². The Morgan fingerprint density at radius 3 is 2.74 bits per heavy atom. The van der Waals surface area contributed by atoms with E-state index in [0.29, 0.717) is 29.4 Å². The number of fused-ring (bicyclic) bond motifs is 5. The number of esters is 1. The number of rotatable bonds is 7. The number of allylic oxidation sites excluding steroid dienone is 1. The smallest absolute Gasteiger partial charge is 0.332 e. The quantitative estimate of drug-likeness (QED) is 0.327. The molecule has 0 saturated heterocycles. The van der Waals surface area contributed by atoms with Gasteiger partial charge in [0.25, 0.3) is 0 Å². The maximum Gasteiger partial charge on any atom is 0.332 e. The van der Waals surface area contributed by atoms with Crippen LogP contribution in [0.3, 0.4) is 0 Å². The van der Waals surface area contributed by atoms with Crippen LogP contribution in [0.5, 0.6) is 17.2 Å². The number of phenols is 1. The summed E-state index contributed by atoms with van der Waals surface area (Å²) in [7, 11) is 1.54. The van der Waals surface area contributed by atoms with Crippen LogP contribution in [0.4, 0.5) is 5.69 Å². The number of carbonyl (C=O) groups is 1. The Kier molecular flexibility index (Phi) is 6.94. The monoisotopic (exact) mass is 533 g/mol. The average molecular weight is 534 g/mol. The van der Waals surface area contributed by atoms with Crippen molar-refractivity contribution in [3.05, 3.63) is 63.4 Å². The Hall–Kier alpha value is -3.75. The number of thiophene rings is 1. The van der Waals surface area contributed by atoms with Crippen molar-refractivity contribution in [1.29, 1.82) is 0 Å². The summed E-state index contributed by atoms with van der Waals surface area (Å²) in [5.41, 5.74) is 6.47. The molecule has 7 nitrogen and oxygen atoms in total. The topological polar surface area (TPSA) is 86.3 Å². The summed E-state index contributed by atoms with van der Waals surface area (Å²) < 4.78 is 22.7.